The maximum Gasteiger partial charge on any atom is 0.490 e. The first kappa shape index (κ1) is 31.8. The number of alkyl halides is 6. The maximum atomic E-state index is 10.6. The minimum absolute atomic E-state index is 0.151. The van der Waals surface area contributed by atoms with Crippen molar-refractivity contribution in [2.24, 2.45) is 5.41 Å². The fourth-order valence-electron chi connectivity index (χ4n) is 3.75. The zero-order valence-electron chi connectivity index (χ0n) is 19.4. The largest absolute Gasteiger partial charge is 0.490 e. The van der Waals surface area contributed by atoms with Crippen LogP contribution in [0.5, 0.6) is 0 Å². The summed E-state index contributed by atoms with van der Waals surface area (Å²) >= 11 is 1.76. The number of hydrogen-bond acceptors (Lipinski definition) is 7. The predicted molar refractivity (Wildman–Crippen MR) is 117 cm³/mol. The lowest BCUT2D eigenvalue weighted by Gasteiger charge is -2.50. The average molecular weight is 551 g/mol. The topological polar surface area (TPSA) is 109 Å². The molecule has 0 saturated carbocycles. The first-order valence-corrected chi connectivity index (χ1v) is 11.5. The number of hydrogen-bond donors (Lipinski definition) is 2. The Morgan fingerprint density at radius 1 is 1.28 bits per heavy atom. The summed E-state index contributed by atoms with van der Waals surface area (Å²) in [6.45, 7) is 11.3. The number of ether oxygens (including phenoxy) is 2. The van der Waals surface area contributed by atoms with E-state index in [1.54, 1.807) is 11.3 Å². The van der Waals surface area contributed by atoms with Crippen LogP contribution in [0.3, 0.4) is 0 Å². The number of nitrogens with zero attached hydrogens (tertiary/aromatic N) is 2. The summed E-state index contributed by atoms with van der Waals surface area (Å²) in [6, 6.07) is 0. The Kier molecular flexibility index (Phi) is 12.3. The molecular weight excluding hydrogens is 522 g/mol. The number of halogens is 6. The van der Waals surface area contributed by atoms with Gasteiger partial charge in [-0.15, -0.1) is 17.9 Å². The van der Waals surface area contributed by atoms with Crippen LogP contribution in [-0.4, -0.2) is 83.4 Å². The third-order valence-electron chi connectivity index (χ3n) is 5.39. The van der Waals surface area contributed by atoms with Gasteiger partial charge in [-0.3, -0.25) is 4.90 Å². The maximum absolute atomic E-state index is 10.6. The summed E-state index contributed by atoms with van der Waals surface area (Å²) in [6.07, 6.45) is -4.54. The number of aliphatic carboxylic acids is 2. The molecule has 15 heteroatoms. The van der Waals surface area contributed by atoms with Gasteiger partial charge in [-0.1, -0.05) is 6.08 Å². The molecule has 2 N–H and O–H groups in total. The Hall–Kier alpha value is -2.23. The van der Waals surface area contributed by atoms with E-state index in [9.17, 15) is 26.3 Å². The van der Waals surface area contributed by atoms with Gasteiger partial charge in [0, 0.05) is 36.5 Å². The van der Waals surface area contributed by atoms with Crippen LogP contribution < -0.4 is 0 Å². The van der Waals surface area contributed by atoms with Crippen LogP contribution in [0.4, 0.5) is 26.3 Å². The van der Waals surface area contributed by atoms with Crippen molar-refractivity contribution >= 4 is 23.3 Å². The Morgan fingerprint density at radius 2 is 1.86 bits per heavy atom. The fraction of sp³-hybridized carbons (Fsp3) is 0.667. The number of piperidine rings is 1. The van der Waals surface area contributed by atoms with Crippen LogP contribution in [0, 0.1) is 12.3 Å². The van der Waals surface area contributed by atoms with Crippen molar-refractivity contribution < 1.29 is 55.6 Å². The van der Waals surface area contributed by atoms with Gasteiger partial charge in [-0.2, -0.15) is 26.3 Å². The molecule has 8 nitrogen and oxygen atoms in total. The van der Waals surface area contributed by atoms with Crippen molar-refractivity contribution in [3.8, 4) is 0 Å². The predicted octanol–water partition coefficient (Wildman–Crippen LogP) is 4.29. The third-order valence-corrected chi connectivity index (χ3v) is 6.31. The molecule has 2 atom stereocenters. The SMILES string of the molecule is C=CCOCC12CCCOC1CCN(Cc1scnc1C)C2.O=C(O)C(F)(F)F.O=C(O)C(F)(F)F. The first-order valence-electron chi connectivity index (χ1n) is 10.6. The molecule has 1 aromatic rings. The molecule has 0 bridgehead atoms. The molecule has 2 saturated heterocycles. The highest BCUT2D eigenvalue weighted by molar-refractivity contribution is 7.09. The van der Waals surface area contributed by atoms with Gasteiger partial charge in [0.15, 0.2) is 0 Å². The molecule has 1 aromatic heterocycles. The van der Waals surface area contributed by atoms with Crippen molar-refractivity contribution in [2.75, 3.05) is 32.9 Å². The Morgan fingerprint density at radius 3 is 2.33 bits per heavy atom. The van der Waals surface area contributed by atoms with E-state index in [1.165, 1.54) is 17.0 Å². The smallest absolute Gasteiger partial charge is 0.475 e. The quantitative estimate of drug-likeness (QED) is 0.307. The summed E-state index contributed by atoms with van der Waals surface area (Å²) in [4.78, 5) is 26.1. The summed E-state index contributed by atoms with van der Waals surface area (Å²) in [5, 5.41) is 14.2. The summed E-state index contributed by atoms with van der Waals surface area (Å²) in [7, 11) is 0. The Balaban J connectivity index is 0.000000383. The number of likely N-dealkylation sites (tertiary alicyclic amines) is 1. The zero-order valence-corrected chi connectivity index (χ0v) is 20.2. The van der Waals surface area contributed by atoms with E-state index in [-0.39, 0.29) is 5.41 Å². The van der Waals surface area contributed by atoms with E-state index in [4.69, 9.17) is 29.3 Å². The highest BCUT2D eigenvalue weighted by Gasteiger charge is 2.46. The number of aromatic nitrogens is 1. The van der Waals surface area contributed by atoms with Gasteiger partial charge in [0.25, 0.3) is 0 Å². The Bertz CT molecular complexity index is 839. The second-order valence-electron chi connectivity index (χ2n) is 8.10. The van der Waals surface area contributed by atoms with Crippen LogP contribution in [-0.2, 0) is 25.6 Å². The van der Waals surface area contributed by atoms with Crippen LogP contribution in [0.2, 0.25) is 0 Å². The van der Waals surface area contributed by atoms with Gasteiger partial charge >= 0.3 is 24.3 Å². The molecule has 0 aliphatic carbocycles. The molecule has 36 heavy (non-hydrogen) atoms. The van der Waals surface area contributed by atoms with Crippen molar-refractivity contribution in [2.45, 2.75) is 51.2 Å². The molecule has 3 heterocycles. The molecule has 2 aliphatic heterocycles. The van der Waals surface area contributed by atoms with Crippen LogP contribution in [0.15, 0.2) is 18.2 Å². The number of carbonyl (C=O) groups is 2. The molecule has 2 aliphatic rings. The number of fused-ring (bicyclic) bond motifs is 1. The molecule has 0 spiro atoms. The lowest BCUT2D eigenvalue weighted by Crippen LogP contribution is -2.56. The third kappa shape index (κ3) is 10.4. The minimum atomic E-state index is -5.08. The lowest BCUT2D eigenvalue weighted by molar-refractivity contribution is -0.193. The van der Waals surface area contributed by atoms with E-state index < -0.39 is 24.3 Å². The normalized spacial score (nSPS) is 22.2. The number of rotatable bonds is 6. The van der Waals surface area contributed by atoms with E-state index in [0.717, 1.165) is 45.7 Å². The van der Waals surface area contributed by atoms with Gasteiger partial charge in [-0.25, -0.2) is 14.6 Å². The zero-order chi connectivity index (χ0) is 27.6. The van der Waals surface area contributed by atoms with E-state index >= 15 is 0 Å². The number of carboxylic acids is 2. The molecule has 2 fully saturated rings. The van der Waals surface area contributed by atoms with Crippen LogP contribution in [0.1, 0.15) is 29.8 Å². The molecule has 3 rings (SSSR count). The molecule has 0 amide bonds. The summed E-state index contributed by atoms with van der Waals surface area (Å²) in [5.74, 6) is -5.51. The van der Waals surface area contributed by atoms with Crippen LogP contribution >= 0.6 is 11.3 Å². The van der Waals surface area contributed by atoms with Crippen molar-refractivity contribution in [1.82, 2.24) is 9.88 Å². The second kappa shape index (κ2) is 13.9. The summed E-state index contributed by atoms with van der Waals surface area (Å²) in [5.41, 5.74) is 3.27. The lowest BCUT2D eigenvalue weighted by atomic mass is 9.73. The molecule has 0 aromatic carbocycles. The number of thiazole rings is 1. The number of carboxylic acid groups (broad SMARTS) is 2. The van der Waals surface area contributed by atoms with E-state index in [2.05, 4.69) is 23.4 Å². The van der Waals surface area contributed by atoms with Gasteiger partial charge in [-0.05, 0) is 26.2 Å². The molecule has 206 valence electrons. The minimum Gasteiger partial charge on any atom is -0.475 e. The standard InChI is InChI=1S/C17H26N2O2S.2C2HF3O2/c1-3-8-20-12-17-6-4-9-21-16(17)5-7-19(11-17)10-15-14(2)18-13-22-15;2*3-2(4,5)1(6)7/h3,13,16H,1,4-12H2,2H3;2*(H,6,7). The first-order chi connectivity index (χ1) is 16.6. The van der Waals surface area contributed by atoms with Gasteiger partial charge < -0.3 is 19.7 Å². The summed E-state index contributed by atoms with van der Waals surface area (Å²) < 4.78 is 75.4. The highest BCUT2D eigenvalue weighted by atomic mass is 32.1. The van der Waals surface area contributed by atoms with Crippen LogP contribution in [0.25, 0.3) is 0 Å². The van der Waals surface area contributed by atoms with Gasteiger partial charge in [0.1, 0.15) is 0 Å². The van der Waals surface area contributed by atoms with Crippen molar-refractivity contribution in [1.29, 1.82) is 0 Å². The molecule has 0 radical (unpaired) electrons. The second-order valence-corrected chi connectivity index (χ2v) is 9.03. The Labute approximate surface area is 207 Å². The van der Waals surface area contributed by atoms with Gasteiger partial charge in [0.05, 0.1) is 30.5 Å². The molecule has 2 unspecified atom stereocenters. The monoisotopic (exact) mass is 550 g/mol. The number of aryl methyl sites for hydroxylation is 1. The van der Waals surface area contributed by atoms with Crippen molar-refractivity contribution in [3.63, 3.8) is 0 Å². The molecular formula is C21H28F6N2O6S. The van der Waals surface area contributed by atoms with E-state index in [1.807, 2.05) is 11.6 Å². The van der Waals surface area contributed by atoms with E-state index in [0.29, 0.717) is 12.7 Å². The highest BCUT2D eigenvalue weighted by Crippen LogP contribution is 2.41. The van der Waals surface area contributed by atoms with Gasteiger partial charge in [0.2, 0.25) is 0 Å². The average Bonchev–Trinajstić information content (AvgIpc) is 3.17. The fourth-order valence-corrected chi connectivity index (χ4v) is 4.57. The van der Waals surface area contributed by atoms with Crippen molar-refractivity contribution in [3.05, 3.63) is 28.7 Å².